The predicted molar refractivity (Wildman–Crippen MR) is 51.2 cm³/mol. The number of alkyl halides is 3. The first-order chi connectivity index (χ1) is 7.41. The van der Waals surface area contributed by atoms with Crippen LogP contribution in [0, 0.1) is 0 Å². The summed E-state index contributed by atoms with van der Waals surface area (Å²) >= 11 is 0. The van der Waals surface area contributed by atoms with Crippen LogP contribution in [-0.2, 0) is 6.18 Å². The van der Waals surface area contributed by atoms with Gasteiger partial charge in [-0.1, -0.05) is 18.2 Å². The Labute approximate surface area is 87.2 Å². The summed E-state index contributed by atoms with van der Waals surface area (Å²) in [5, 5.41) is 9.33. The molecule has 0 unspecified atom stereocenters. The van der Waals surface area contributed by atoms with Gasteiger partial charge in [0.25, 0.3) is 5.56 Å². The minimum absolute atomic E-state index is 0.0213. The molecular formula is C10H6F3NO2. The molecule has 2 rings (SSSR count). The van der Waals surface area contributed by atoms with Crippen molar-refractivity contribution in [2.45, 2.75) is 6.18 Å². The molecule has 0 bridgehead atoms. The molecule has 1 aromatic heterocycles. The van der Waals surface area contributed by atoms with Gasteiger partial charge in [-0.05, 0) is 6.07 Å². The molecule has 0 aliphatic carbocycles. The molecular weight excluding hydrogens is 223 g/mol. The van der Waals surface area contributed by atoms with E-state index in [1.54, 1.807) is 4.98 Å². The molecule has 0 fully saturated rings. The van der Waals surface area contributed by atoms with Gasteiger partial charge in [-0.15, -0.1) is 0 Å². The number of benzene rings is 1. The van der Waals surface area contributed by atoms with E-state index in [4.69, 9.17) is 0 Å². The summed E-state index contributed by atoms with van der Waals surface area (Å²) in [6.45, 7) is 0. The lowest BCUT2D eigenvalue weighted by Gasteiger charge is -2.10. The monoisotopic (exact) mass is 229 g/mol. The lowest BCUT2D eigenvalue weighted by atomic mass is 10.1. The summed E-state index contributed by atoms with van der Waals surface area (Å²) in [6, 6.07) is 5.55. The third-order valence-electron chi connectivity index (χ3n) is 2.19. The van der Waals surface area contributed by atoms with Crippen molar-refractivity contribution in [1.29, 1.82) is 0 Å². The fourth-order valence-corrected chi connectivity index (χ4v) is 1.47. The quantitative estimate of drug-likeness (QED) is 0.727. The van der Waals surface area contributed by atoms with E-state index in [-0.39, 0.29) is 10.8 Å². The average Bonchev–Trinajstić information content (AvgIpc) is 2.22. The molecule has 1 aromatic carbocycles. The second kappa shape index (κ2) is 3.26. The number of pyridine rings is 1. The number of aromatic nitrogens is 1. The van der Waals surface area contributed by atoms with Crippen molar-refractivity contribution in [3.8, 4) is 5.75 Å². The van der Waals surface area contributed by atoms with Crippen LogP contribution in [0.25, 0.3) is 10.8 Å². The number of aromatic hydroxyl groups is 1. The summed E-state index contributed by atoms with van der Waals surface area (Å²) in [6.07, 6.45) is -4.78. The van der Waals surface area contributed by atoms with E-state index in [0.717, 1.165) is 0 Å². The Bertz CT molecular complexity index is 601. The van der Waals surface area contributed by atoms with Crippen LogP contribution in [0.4, 0.5) is 13.2 Å². The topological polar surface area (TPSA) is 53.1 Å². The Morgan fingerprint density at radius 1 is 1.12 bits per heavy atom. The SMILES string of the molecule is O=c1[nH]c(C(F)(F)F)c(O)c2ccccc12. The summed E-state index contributed by atoms with van der Waals surface area (Å²) in [5.41, 5.74) is -2.29. The number of rotatable bonds is 0. The maximum atomic E-state index is 12.4. The molecule has 0 saturated carbocycles. The Morgan fingerprint density at radius 3 is 2.25 bits per heavy atom. The van der Waals surface area contributed by atoms with Crippen molar-refractivity contribution in [1.82, 2.24) is 4.98 Å². The molecule has 0 amide bonds. The van der Waals surface area contributed by atoms with Gasteiger partial charge in [-0.2, -0.15) is 13.2 Å². The highest BCUT2D eigenvalue weighted by Crippen LogP contribution is 2.36. The van der Waals surface area contributed by atoms with Crippen LogP contribution >= 0.6 is 0 Å². The largest absolute Gasteiger partial charge is 0.505 e. The highest BCUT2D eigenvalue weighted by molar-refractivity contribution is 5.87. The number of aromatic amines is 1. The normalized spacial score (nSPS) is 11.9. The Hall–Kier alpha value is -1.98. The molecule has 0 aliphatic rings. The summed E-state index contributed by atoms with van der Waals surface area (Å²) in [7, 11) is 0. The Balaban J connectivity index is 2.92. The van der Waals surface area contributed by atoms with Crippen molar-refractivity contribution < 1.29 is 18.3 Å². The molecule has 0 saturated heterocycles. The molecule has 84 valence electrons. The summed E-state index contributed by atoms with van der Waals surface area (Å²) in [4.78, 5) is 13.0. The lowest BCUT2D eigenvalue weighted by molar-refractivity contribution is -0.142. The first-order valence-electron chi connectivity index (χ1n) is 4.32. The number of H-pyrrole nitrogens is 1. The molecule has 2 N–H and O–H groups in total. The maximum absolute atomic E-state index is 12.4. The lowest BCUT2D eigenvalue weighted by Crippen LogP contribution is -2.16. The number of nitrogens with one attached hydrogen (secondary N) is 1. The smallest absolute Gasteiger partial charge is 0.435 e. The Morgan fingerprint density at radius 2 is 1.69 bits per heavy atom. The van der Waals surface area contributed by atoms with Crippen LogP contribution < -0.4 is 5.56 Å². The highest BCUT2D eigenvalue weighted by Gasteiger charge is 2.36. The zero-order valence-electron chi connectivity index (χ0n) is 7.80. The van der Waals surface area contributed by atoms with Gasteiger partial charge in [0.05, 0.1) is 5.39 Å². The molecule has 0 spiro atoms. The number of hydrogen-bond donors (Lipinski definition) is 2. The van der Waals surface area contributed by atoms with Crippen molar-refractivity contribution in [3.63, 3.8) is 0 Å². The highest BCUT2D eigenvalue weighted by atomic mass is 19.4. The Kier molecular flexibility index (Phi) is 2.15. The molecule has 2 aromatic rings. The molecule has 0 aliphatic heterocycles. The van der Waals surface area contributed by atoms with Gasteiger partial charge in [0.15, 0.2) is 11.4 Å². The van der Waals surface area contributed by atoms with E-state index in [9.17, 15) is 23.1 Å². The third-order valence-corrected chi connectivity index (χ3v) is 2.19. The van der Waals surface area contributed by atoms with Crippen molar-refractivity contribution in [3.05, 3.63) is 40.3 Å². The van der Waals surface area contributed by atoms with E-state index in [2.05, 4.69) is 0 Å². The van der Waals surface area contributed by atoms with Crippen molar-refractivity contribution in [2.75, 3.05) is 0 Å². The molecule has 16 heavy (non-hydrogen) atoms. The van der Waals surface area contributed by atoms with Gasteiger partial charge in [0, 0.05) is 5.39 Å². The summed E-state index contributed by atoms with van der Waals surface area (Å²) < 4.78 is 37.3. The van der Waals surface area contributed by atoms with Crippen molar-refractivity contribution in [2.24, 2.45) is 0 Å². The molecule has 0 atom stereocenters. The fourth-order valence-electron chi connectivity index (χ4n) is 1.47. The first-order valence-corrected chi connectivity index (χ1v) is 4.32. The van der Waals surface area contributed by atoms with Gasteiger partial charge < -0.3 is 10.1 Å². The standard InChI is InChI=1S/C10H6F3NO2/c11-10(12,13)8-7(15)5-3-1-2-4-6(5)9(16)14-8/h1-4,15H,(H,14,16). The minimum Gasteiger partial charge on any atom is -0.505 e. The molecule has 1 heterocycles. The molecule has 3 nitrogen and oxygen atoms in total. The van der Waals surface area contributed by atoms with Gasteiger partial charge in [0.2, 0.25) is 0 Å². The van der Waals surface area contributed by atoms with Crippen LogP contribution in [0.3, 0.4) is 0 Å². The van der Waals surface area contributed by atoms with Crippen LogP contribution in [0.1, 0.15) is 5.69 Å². The van der Waals surface area contributed by atoms with Crippen LogP contribution in [0.5, 0.6) is 5.75 Å². The van der Waals surface area contributed by atoms with Gasteiger partial charge in [0.1, 0.15) is 0 Å². The number of hydrogen-bond acceptors (Lipinski definition) is 2. The van der Waals surface area contributed by atoms with E-state index < -0.39 is 23.2 Å². The number of fused-ring (bicyclic) bond motifs is 1. The van der Waals surface area contributed by atoms with E-state index in [0.29, 0.717) is 0 Å². The van der Waals surface area contributed by atoms with Crippen LogP contribution in [0.15, 0.2) is 29.1 Å². The zero-order valence-corrected chi connectivity index (χ0v) is 7.80. The number of halogens is 3. The fraction of sp³-hybridized carbons (Fsp3) is 0.100. The van der Waals surface area contributed by atoms with Crippen molar-refractivity contribution >= 4 is 10.8 Å². The van der Waals surface area contributed by atoms with E-state index >= 15 is 0 Å². The first kappa shape index (κ1) is 10.5. The van der Waals surface area contributed by atoms with Crippen LogP contribution in [0.2, 0.25) is 0 Å². The second-order valence-electron chi connectivity index (χ2n) is 3.22. The van der Waals surface area contributed by atoms with E-state index in [1.165, 1.54) is 24.3 Å². The average molecular weight is 229 g/mol. The third kappa shape index (κ3) is 1.52. The zero-order chi connectivity index (χ0) is 11.9. The van der Waals surface area contributed by atoms with Gasteiger partial charge >= 0.3 is 6.18 Å². The second-order valence-corrected chi connectivity index (χ2v) is 3.22. The van der Waals surface area contributed by atoms with Gasteiger partial charge in [-0.25, -0.2) is 0 Å². The van der Waals surface area contributed by atoms with E-state index in [1.807, 2.05) is 0 Å². The molecule has 0 radical (unpaired) electrons. The maximum Gasteiger partial charge on any atom is 0.435 e. The summed E-state index contributed by atoms with van der Waals surface area (Å²) in [5.74, 6) is -0.956. The molecule has 6 heteroatoms. The predicted octanol–water partition coefficient (Wildman–Crippen LogP) is 2.25. The van der Waals surface area contributed by atoms with Gasteiger partial charge in [-0.3, -0.25) is 4.79 Å². The minimum atomic E-state index is -4.78. The van der Waals surface area contributed by atoms with Crippen LogP contribution in [-0.4, -0.2) is 10.1 Å².